The number of hydrogen-bond donors (Lipinski definition) is 3. The normalized spacial score (nSPS) is 12.9. The first-order chi connectivity index (χ1) is 10.3. The third-order valence-electron chi connectivity index (χ3n) is 3.34. The molecule has 0 aliphatic rings. The summed E-state index contributed by atoms with van der Waals surface area (Å²) in [5.41, 5.74) is -0.999. The van der Waals surface area contributed by atoms with Crippen molar-refractivity contribution in [2.24, 2.45) is 0 Å². The summed E-state index contributed by atoms with van der Waals surface area (Å²) in [5, 5.41) is 13.9. The van der Waals surface area contributed by atoms with Crippen molar-refractivity contribution in [3.05, 3.63) is 29.8 Å². The molecule has 0 aromatic heterocycles. The van der Waals surface area contributed by atoms with Crippen LogP contribution in [0.5, 0.6) is 5.75 Å². The molecule has 3 N–H and O–H groups in total. The van der Waals surface area contributed by atoms with Crippen molar-refractivity contribution in [2.45, 2.75) is 25.8 Å². The number of carboxylic acid groups (broad SMARTS) is 1. The van der Waals surface area contributed by atoms with Gasteiger partial charge in [0, 0.05) is 5.56 Å². The Morgan fingerprint density at radius 2 is 2.00 bits per heavy atom. The molecule has 1 aromatic rings. The van der Waals surface area contributed by atoms with Crippen molar-refractivity contribution in [2.75, 3.05) is 13.7 Å². The molecule has 7 nitrogen and oxygen atoms in total. The van der Waals surface area contributed by atoms with E-state index >= 15 is 0 Å². The van der Waals surface area contributed by atoms with E-state index in [0.717, 1.165) is 0 Å². The minimum Gasteiger partial charge on any atom is -0.497 e. The maximum absolute atomic E-state index is 11.9. The molecule has 1 aromatic carbocycles. The van der Waals surface area contributed by atoms with Gasteiger partial charge in [0.1, 0.15) is 11.3 Å². The van der Waals surface area contributed by atoms with E-state index in [4.69, 9.17) is 9.84 Å². The summed E-state index contributed by atoms with van der Waals surface area (Å²) >= 11 is 0. The topological polar surface area (TPSA) is 105 Å². The zero-order valence-electron chi connectivity index (χ0n) is 12.8. The lowest BCUT2D eigenvalue weighted by Gasteiger charge is -2.24. The minimum absolute atomic E-state index is 0.234. The summed E-state index contributed by atoms with van der Waals surface area (Å²) in [7, 11) is 1.49. The Balaban J connectivity index is 2.60. The second-order valence-corrected chi connectivity index (χ2v) is 4.95. The molecule has 1 rings (SSSR count). The number of methoxy groups -OCH3 is 1. The fraction of sp³-hybridized carbons (Fsp3) is 0.400. The van der Waals surface area contributed by atoms with Crippen molar-refractivity contribution in [3.63, 3.8) is 0 Å². The first-order valence-corrected chi connectivity index (χ1v) is 6.79. The van der Waals surface area contributed by atoms with Gasteiger partial charge in [-0.05, 0) is 31.5 Å². The van der Waals surface area contributed by atoms with Crippen LogP contribution in [0.15, 0.2) is 24.3 Å². The number of benzene rings is 1. The van der Waals surface area contributed by atoms with Gasteiger partial charge < -0.3 is 20.5 Å². The standard InChI is InChI=1S/C15H20N2O5/c1-4-15(2,14(20)21)17-12(18)9-16-13(19)10-6-5-7-11(8-10)22-3/h5-8H,4,9H2,1-3H3,(H,16,19)(H,17,18)(H,20,21). The maximum Gasteiger partial charge on any atom is 0.329 e. The molecule has 0 fully saturated rings. The van der Waals surface area contributed by atoms with Gasteiger partial charge in [-0.2, -0.15) is 0 Å². The SMILES string of the molecule is CCC(C)(NC(=O)CNC(=O)c1cccc(OC)c1)C(=O)O. The Hall–Kier alpha value is -2.57. The smallest absolute Gasteiger partial charge is 0.329 e. The fourth-order valence-corrected chi connectivity index (χ4v) is 1.67. The van der Waals surface area contributed by atoms with Gasteiger partial charge in [-0.1, -0.05) is 13.0 Å². The van der Waals surface area contributed by atoms with Gasteiger partial charge in [-0.3, -0.25) is 9.59 Å². The molecular weight excluding hydrogens is 288 g/mol. The Labute approximate surface area is 128 Å². The lowest BCUT2D eigenvalue weighted by atomic mass is 9.99. The highest BCUT2D eigenvalue weighted by Crippen LogP contribution is 2.12. The molecule has 120 valence electrons. The molecule has 0 aliphatic heterocycles. The zero-order valence-corrected chi connectivity index (χ0v) is 12.8. The predicted octanol–water partition coefficient (Wildman–Crippen LogP) is 0.794. The number of carbonyl (C=O) groups excluding carboxylic acids is 2. The molecule has 1 unspecified atom stereocenters. The van der Waals surface area contributed by atoms with Gasteiger partial charge in [0.05, 0.1) is 13.7 Å². The Morgan fingerprint density at radius 1 is 1.32 bits per heavy atom. The molecule has 22 heavy (non-hydrogen) atoms. The minimum atomic E-state index is -1.35. The van der Waals surface area contributed by atoms with E-state index in [1.165, 1.54) is 14.0 Å². The first kappa shape index (κ1) is 17.5. The Kier molecular flexibility index (Phi) is 5.91. The van der Waals surface area contributed by atoms with Crippen LogP contribution >= 0.6 is 0 Å². The van der Waals surface area contributed by atoms with Crippen LogP contribution in [0, 0.1) is 0 Å². The van der Waals surface area contributed by atoms with Gasteiger partial charge >= 0.3 is 5.97 Å². The molecule has 0 heterocycles. The van der Waals surface area contributed by atoms with Crippen LogP contribution in [0.3, 0.4) is 0 Å². The average Bonchev–Trinajstić information content (AvgIpc) is 2.52. The number of rotatable bonds is 7. The largest absolute Gasteiger partial charge is 0.497 e. The van der Waals surface area contributed by atoms with Crippen molar-refractivity contribution < 1.29 is 24.2 Å². The van der Waals surface area contributed by atoms with E-state index in [2.05, 4.69) is 10.6 Å². The lowest BCUT2D eigenvalue weighted by Crippen LogP contribution is -2.54. The third-order valence-corrected chi connectivity index (χ3v) is 3.34. The molecule has 0 saturated carbocycles. The number of carboxylic acids is 1. The summed E-state index contributed by atoms with van der Waals surface area (Å²) in [6.07, 6.45) is 0.234. The summed E-state index contributed by atoms with van der Waals surface area (Å²) in [6.45, 7) is 2.76. The van der Waals surface area contributed by atoms with E-state index in [1.54, 1.807) is 31.2 Å². The van der Waals surface area contributed by atoms with Crippen LogP contribution in [-0.2, 0) is 9.59 Å². The third kappa shape index (κ3) is 4.47. The number of ether oxygens (including phenoxy) is 1. The van der Waals surface area contributed by atoms with Crippen molar-refractivity contribution in [3.8, 4) is 5.75 Å². The lowest BCUT2D eigenvalue weighted by molar-refractivity contribution is -0.146. The molecule has 0 aliphatic carbocycles. The molecule has 0 bridgehead atoms. The van der Waals surface area contributed by atoms with E-state index in [1.807, 2.05) is 0 Å². The summed E-state index contributed by atoms with van der Waals surface area (Å²) in [4.78, 5) is 34.8. The van der Waals surface area contributed by atoms with Crippen molar-refractivity contribution >= 4 is 17.8 Å². The van der Waals surface area contributed by atoms with E-state index in [0.29, 0.717) is 11.3 Å². The highest BCUT2D eigenvalue weighted by Gasteiger charge is 2.32. The molecule has 2 amide bonds. The summed E-state index contributed by atoms with van der Waals surface area (Å²) < 4.78 is 5.01. The Bertz CT molecular complexity index is 573. The van der Waals surface area contributed by atoms with Gasteiger partial charge in [0.15, 0.2) is 0 Å². The van der Waals surface area contributed by atoms with Gasteiger partial charge in [0.2, 0.25) is 5.91 Å². The highest BCUT2D eigenvalue weighted by molar-refractivity contribution is 5.97. The molecule has 7 heteroatoms. The van der Waals surface area contributed by atoms with E-state index in [9.17, 15) is 14.4 Å². The molecule has 0 saturated heterocycles. The second-order valence-electron chi connectivity index (χ2n) is 4.95. The average molecular weight is 308 g/mol. The summed E-state index contributed by atoms with van der Waals surface area (Å²) in [5.74, 6) is -1.60. The van der Waals surface area contributed by atoms with Crippen LogP contribution < -0.4 is 15.4 Å². The first-order valence-electron chi connectivity index (χ1n) is 6.79. The monoisotopic (exact) mass is 308 g/mol. The molecule has 0 radical (unpaired) electrons. The zero-order chi connectivity index (χ0) is 16.8. The van der Waals surface area contributed by atoms with Crippen LogP contribution in [0.4, 0.5) is 0 Å². The molecule has 1 atom stereocenters. The van der Waals surface area contributed by atoms with Crippen LogP contribution in [-0.4, -0.2) is 42.1 Å². The maximum atomic E-state index is 11.9. The van der Waals surface area contributed by atoms with Crippen LogP contribution in [0.25, 0.3) is 0 Å². The number of amides is 2. The number of aliphatic carboxylic acids is 1. The highest BCUT2D eigenvalue weighted by atomic mass is 16.5. The summed E-state index contributed by atoms with van der Waals surface area (Å²) in [6, 6.07) is 6.49. The number of nitrogens with one attached hydrogen (secondary N) is 2. The number of carbonyl (C=O) groups is 3. The quantitative estimate of drug-likeness (QED) is 0.691. The Morgan fingerprint density at radius 3 is 2.55 bits per heavy atom. The van der Waals surface area contributed by atoms with Crippen LogP contribution in [0.1, 0.15) is 30.6 Å². The molecular formula is C15H20N2O5. The molecule has 0 spiro atoms. The fourth-order valence-electron chi connectivity index (χ4n) is 1.67. The second kappa shape index (κ2) is 7.44. The van der Waals surface area contributed by atoms with Gasteiger partial charge in [0.25, 0.3) is 5.91 Å². The van der Waals surface area contributed by atoms with Crippen molar-refractivity contribution in [1.29, 1.82) is 0 Å². The van der Waals surface area contributed by atoms with E-state index < -0.39 is 23.3 Å². The van der Waals surface area contributed by atoms with Crippen molar-refractivity contribution in [1.82, 2.24) is 10.6 Å². The van der Waals surface area contributed by atoms with Crippen LogP contribution in [0.2, 0.25) is 0 Å². The number of hydrogen-bond acceptors (Lipinski definition) is 4. The predicted molar refractivity (Wildman–Crippen MR) is 79.8 cm³/mol. The van der Waals surface area contributed by atoms with Gasteiger partial charge in [-0.25, -0.2) is 4.79 Å². The van der Waals surface area contributed by atoms with Gasteiger partial charge in [-0.15, -0.1) is 0 Å². The van der Waals surface area contributed by atoms with E-state index in [-0.39, 0.29) is 13.0 Å².